The zero-order chi connectivity index (χ0) is 14.0. The third-order valence-electron chi connectivity index (χ3n) is 2.92. The maximum Gasteiger partial charge on any atom is 0.104 e. The molecule has 0 aliphatic rings. The van der Waals surface area contributed by atoms with Crippen molar-refractivity contribution in [2.45, 2.75) is 20.4 Å². The molecule has 2 rings (SSSR count). The molecule has 0 aliphatic heterocycles. The minimum absolute atomic E-state index is 0.414. The fourth-order valence-corrected chi connectivity index (χ4v) is 3.37. The summed E-state index contributed by atoms with van der Waals surface area (Å²) in [6.45, 7) is 5.11. The summed E-state index contributed by atoms with van der Waals surface area (Å²) in [5.41, 5.74) is 8.88. The van der Waals surface area contributed by atoms with E-state index >= 15 is 0 Å². The molecule has 0 fully saturated rings. The third kappa shape index (κ3) is 3.55. The Hall–Kier alpha value is -0.910. The van der Waals surface area contributed by atoms with Gasteiger partial charge in [0.15, 0.2) is 0 Å². The zero-order valence-electron chi connectivity index (χ0n) is 10.8. The van der Waals surface area contributed by atoms with Crippen molar-refractivity contribution < 1.29 is 0 Å². The lowest BCUT2D eigenvalue weighted by molar-refractivity contribution is 1.18. The summed E-state index contributed by atoms with van der Waals surface area (Å²) in [7, 11) is 0. The zero-order valence-corrected chi connectivity index (χ0v) is 14.0. The molecule has 0 radical (unpaired) electrons. The number of hydrogen-bond acceptors (Lipinski definition) is 3. The Morgan fingerprint density at radius 1 is 1.37 bits per heavy atom. The molecule has 100 valence electrons. The molecule has 3 N–H and O–H groups in total. The lowest BCUT2D eigenvalue weighted by Gasteiger charge is -2.09. The Morgan fingerprint density at radius 2 is 2.11 bits per heavy atom. The van der Waals surface area contributed by atoms with E-state index in [1.165, 1.54) is 15.3 Å². The van der Waals surface area contributed by atoms with Crippen molar-refractivity contribution in [1.82, 2.24) is 0 Å². The average molecular weight is 355 g/mol. The molecule has 1 heterocycles. The molecule has 0 unspecified atom stereocenters. The highest BCUT2D eigenvalue weighted by atomic mass is 79.9. The van der Waals surface area contributed by atoms with E-state index in [0.717, 1.165) is 22.3 Å². The monoisotopic (exact) mass is 354 g/mol. The Kier molecular flexibility index (Phi) is 4.60. The maximum absolute atomic E-state index is 5.61. The van der Waals surface area contributed by atoms with Crippen LogP contribution in [0.5, 0.6) is 0 Å². The normalized spacial score (nSPS) is 10.5. The van der Waals surface area contributed by atoms with Crippen molar-refractivity contribution in [2.75, 3.05) is 5.32 Å². The summed E-state index contributed by atoms with van der Waals surface area (Å²) in [5, 5.41) is 3.42. The molecular formula is C14H15BrN2S2. The van der Waals surface area contributed by atoms with Gasteiger partial charge in [-0.25, -0.2) is 0 Å². The molecule has 0 spiro atoms. The first-order valence-electron chi connectivity index (χ1n) is 5.86. The highest BCUT2D eigenvalue weighted by Gasteiger charge is 2.05. The second-order valence-corrected chi connectivity index (χ2v) is 7.00. The summed E-state index contributed by atoms with van der Waals surface area (Å²) >= 11 is 10.3. The molecule has 0 amide bonds. The van der Waals surface area contributed by atoms with Gasteiger partial charge in [0.05, 0.1) is 0 Å². The number of halogens is 1. The van der Waals surface area contributed by atoms with Crippen molar-refractivity contribution >= 4 is 50.2 Å². The van der Waals surface area contributed by atoms with Crippen LogP contribution in [0.2, 0.25) is 0 Å². The summed E-state index contributed by atoms with van der Waals surface area (Å²) in [6, 6.07) is 8.09. The topological polar surface area (TPSA) is 38.0 Å². The fourth-order valence-electron chi connectivity index (χ4n) is 1.73. The van der Waals surface area contributed by atoms with E-state index in [0.29, 0.717) is 4.99 Å². The smallest absolute Gasteiger partial charge is 0.104 e. The van der Waals surface area contributed by atoms with E-state index < -0.39 is 0 Å². The predicted molar refractivity (Wildman–Crippen MR) is 91.1 cm³/mol. The van der Waals surface area contributed by atoms with Crippen LogP contribution in [0.15, 0.2) is 28.7 Å². The van der Waals surface area contributed by atoms with Crippen molar-refractivity contribution in [1.29, 1.82) is 0 Å². The van der Waals surface area contributed by atoms with Gasteiger partial charge in [-0.1, -0.05) is 12.2 Å². The number of nitrogens with one attached hydrogen (secondary N) is 1. The van der Waals surface area contributed by atoms with E-state index in [-0.39, 0.29) is 0 Å². The van der Waals surface area contributed by atoms with Crippen LogP contribution in [0.1, 0.15) is 20.9 Å². The van der Waals surface area contributed by atoms with Crippen LogP contribution in [0, 0.1) is 13.8 Å². The predicted octanol–water partition coefficient (Wildman–Crippen LogP) is 4.37. The summed E-state index contributed by atoms with van der Waals surface area (Å²) in [4.78, 5) is 3.12. The minimum Gasteiger partial charge on any atom is -0.389 e. The standard InChI is InChI=1S/C14H15BrN2S2/c1-8-5-11(19-9(8)2)7-17-13-4-3-10(14(16)18)6-12(13)15/h3-6,17H,7H2,1-2H3,(H2,16,18). The molecular weight excluding hydrogens is 340 g/mol. The van der Waals surface area contributed by atoms with Gasteiger partial charge < -0.3 is 11.1 Å². The van der Waals surface area contributed by atoms with Gasteiger partial charge in [-0.3, -0.25) is 0 Å². The molecule has 2 nitrogen and oxygen atoms in total. The largest absolute Gasteiger partial charge is 0.389 e. The van der Waals surface area contributed by atoms with Crippen molar-refractivity contribution in [3.05, 3.63) is 49.6 Å². The van der Waals surface area contributed by atoms with Crippen LogP contribution in [-0.2, 0) is 6.54 Å². The summed E-state index contributed by atoms with van der Waals surface area (Å²) in [5.74, 6) is 0. The lowest BCUT2D eigenvalue weighted by Crippen LogP contribution is -2.09. The molecule has 0 saturated carbocycles. The van der Waals surface area contributed by atoms with Crippen LogP contribution in [-0.4, -0.2) is 4.99 Å². The molecule has 19 heavy (non-hydrogen) atoms. The second kappa shape index (κ2) is 6.03. The van der Waals surface area contributed by atoms with Crippen LogP contribution in [0.25, 0.3) is 0 Å². The van der Waals surface area contributed by atoms with Gasteiger partial charge in [0.2, 0.25) is 0 Å². The van der Waals surface area contributed by atoms with Gasteiger partial charge >= 0.3 is 0 Å². The fraction of sp³-hybridized carbons (Fsp3) is 0.214. The number of rotatable bonds is 4. The highest BCUT2D eigenvalue weighted by molar-refractivity contribution is 9.10. The molecule has 5 heteroatoms. The van der Waals surface area contributed by atoms with Crippen LogP contribution in [0.3, 0.4) is 0 Å². The number of thiophene rings is 1. The van der Waals surface area contributed by atoms with Crippen molar-refractivity contribution in [3.8, 4) is 0 Å². The number of benzene rings is 1. The SMILES string of the molecule is Cc1cc(CNc2ccc(C(N)=S)cc2Br)sc1C. The first-order valence-corrected chi connectivity index (χ1v) is 7.88. The van der Waals surface area contributed by atoms with Gasteiger partial charge in [-0.15, -0.1) is 11.3 Å². The first-order chi connectivity index (χ1) is 8.97. The van der Waals surface area contributed by atoms with Crippen molar-refractivity contribution in [3.63, 3.8) is 0 Å². The molecule has 0 atom stereocenters. The van der Waals surface area contributed by atoms with Gasteiger partial charge in [0.1, 0.15) is 4.99 Å². The molecule has 1 aromatic carbocycles. The Bertz CT molecular complexity index is 600. The van der Waals surface area contributed by atoms with E-state index in [4.69, 9.17) is 18.0 Å². The lowest BCUT2D eigenvalue weighted by atomic mass is 10.2. The number of nitrogens with two attached hydrogens (primary N) is 1. The molecule has 2 aromatic rings. The molecule has 1 aromatic heterocycles. The van der Waals surface area contributed by atoms with E-state index in [2.05, 4.69) is 41.2 Å². The number of thiocarbonyl (C=S) groups is 1. The van der Waals surface area contributed by atoms with E-state index in [1.807, 2.05) is 29.5 Å². The van der Waals surface area contributed by atoms with E-state index in [9.17, 15) is 0 Å². The molecule has 0 bridgehead atoms. The maximum atomic E-state index is 5.61. The van der Waals surface area contributed by atoms with E-state index in [1.54, 1.807) is 0 Å². The molecule has 0 aliphatic carbocycles. The van der Waals surface area contributed by atoms with Gasteiger partial charge in [-0.05, 0) is 59.6 Å². The Labute approximate surface area is 131 Å². The third-order valence-corrected chi connectivity index (χ3v) is 4.97. The Balaban J connectivity index is 2.09. The van der Waals surface area contributed by atoms with Crippen LogP contribution < -0.4 is 11.1 Å². The highest BCUT2D eigenvalue weighted by Crippen LogP contribution is 2.26. The van der Waals surface area contributed by atoms with Gasteiger partial charge in [0.25, 0.3) is 0 Å². The quantitative estimate of drug-likeness (QED) is 0.800. The average Bonchev–Trinajstić information content (AvgIpc) is 2.67. The molecule has 0 saturated heterocycles. The van der Waals surface area contributed by atoms with Gasteiger partial charge in [0, 0.05) is 32.0 Å². The number of aryl methyl sites for hydroxylation is 2. The number of anilines is 1. The summed E-state index contributed by atoms with van der Waals surface area (Å²) in [6.07, 6.45) is 0. The summed E-state index contributed by atoms with van der Waals surface area (Å²) < 4.78 is 0.975. The minimum atomic E-state index is 0.414. The second-order valence-electron chi connectivity index (χ2n) is 4.36. The van der Waals surface area contributed by atoms with Gasteiger partial charge in [-0.2, -0.15) is 0 Å². The van der Waals surface area contributed by atoms with Crippen LogP contribution >= 0.6 is 39.5 Å². The Morgan fingerprint density at radius 3 is 2.63 bits per heavy atom. The first kappa shape index (κ1) is 14.5. The van der Waals surface area contributed by atoms with Crippen LogP contribution in [0.4, 0.5) is 5.69 Å². The number of hydrogen-bond donors (Lipinski definition) is 2. The van der Waals surface area contributed by atoms with Crippen molar-refractivity contribution in [2.24, 2.45) is 5.73 Å².